The molecule has 3 heteroatoms. The van der Waals surface area contributed by atoms with Gasteiger partial charge in [-0.25, -0.2) is 0 Å². The van der Waals surface area contributed by atoms with E-state index in [1.54, 1.807) is 7.11 Å². The van der Waals surface area contributed by atoms with Crippen LogP contribution in [0.25, 0.3) is 0 Å². The first-order valence-corrected chi connectivity index (χ1v) is 6.53. The number of methoxy groups -OCH3 is 1. The van der Waals surface area contributed by atoms with Crippen molar-refractivity contribution in [3.8, 4) is 11.5 Å². The Hall–Kier alpha value is -1.22. The molecule has 3 nitrogen and oxygen atoms in total. The summed E-state index contributed by atoms with van der Waals surface area (Å²) in [4.78, 5) is 0. The van der Waals surface area contributed by atoms with Crippen molar-refractivity contribution in [1.82, 2.24) is 0 Å². The lowest BCUT2D eigenvalue weighted by Gasteiger charge is -2.16. The number of aliphatic hydroxyl groups is 1. The lowest BCUT2D eigenvalue weighted by molar-refractivity contribution is 0.173. The van der Waals surface area contributed by atoms with Gasteiger partial charge in [0.15, 0.2) is 0 Å². The molecule has 0 aliphatic carbocycles. The Morgan fingerprint density at radius 2 is 1.72 bits per heavy atom. The van der Waals surface area contributed by atoms with Crippen LogP contribution >= 0.6 is 0 Å². The SMILES string of the molecule is COc1ccc(OCCC(CO)CC(C)C)cc1. The molecule has 0 bridgehead atoms. The quantitative estimate of drug-likeness (QED) is 0.772. The van der Waals surface area contributed by atoms with Crippen LogP contribution in [-0.4, -0.2) is 25.4 Å². The minimum absolute atomic E-state index is 0.240. The van der Waals surface area contributed by atoms with E-state index >= 15 is 0 Å². The van der Waals surface area contributed by atoms with Crippen LogP contribution in [0.4, 0.5) is 0 Å². The van der Waals surface area contributed by atoms with Crippen LogP contribution in [0.5, 0.6) is 11.5 Å². The maximum Gasteiger partial charge on any atom is 0.119 e. The molecule has 0 aliphatic heterocycles. The summed E-state index contributed by atoms with van der Waals surface area (Å²) in [7, 11) is 1.65. The molecule has 1 rings (SSSR count). The molecule has 0 radical (unpaired) electrons. The van der Waals surface area contributed by atoms with E-state index in [0.717, 1.165) is 24.3 Å². The highest BCUT2D eigenvalue weighted by Crippen LogP contribution is 2.19. The standard InChI is InChI=1S/C15H24O3/c1-12(2)10-13(11-16)8-9-18-15-6-4-14(17-3)5-7-15/h4-7,12-13,16H,8-11H2,1-3H3. The average molecular weight is 252 g/mol. The Morgan fingerprint density at radius 3 is 2.22 bits per heavy atom. The monoisotopic (exact) mass is 252 g/mol. The van der Waals surface area contributed by atoms with E-state index in [2.05, 4.69) is 13.8 Å². The third-order valence-electron chi connectivity index (χ3n) is 2.92. The van der Waals surface area contributed by atoms with Crippen LogP contribution in [0.2, 0.25) is 0 Å². The second kappa shape index (κ2) is 7.98. The molecule has 0 amide bonds. The van der Waals surface area contributed by atoms with Crippen molar-refractivity contribution in [3.63, 3.8) is 0 Å². The van der Waals surface area contributed by atoms with Crippen molar-refractivity contribution in [3.05, 3.63) is 24.3 Å². The van der Waals surface area contributed by atoms with Crippen molar-refractivity contribution < 1.29 is 14.6 Å². The molecule has 0 saturated carbocycles. The summed E-state index contributed by atoms with van der Waals surface area (Å²) < 4.78 is 10.7. The van der Waals surface area contributed by atoms with E-state index < -0.39 is 0 Å². The first-order chi connectivity index (χ1) is 8.65. The molecule has 0 spiro atoms. The maximum atomic E-state index is 9.27. The zero-order valence-corrected chi connectivity index (χ0v) is 11.6. The summed E-state index contributed by atoms with van der Waals surface area (Å²) in [6, 6.07) is 7.56. The average Bonchev–Trinajstić information content (AvgIpc) is 2.38. The van der Waals surface area contributed by atoms with E-state index in [-0.39, 0.29) is 6.61 Å². The van der Waals surface area contributed by atoms with Gasteiger partial charge in [-0.05, 0) is 48.9 Å². The number of hydrogen-bond acceptors (Lipinski definition) is 3. The van der Waals surface area contributed by atoms with Gasteiger partial charge < -0.3 is 14.6 Å². The van der Waals surface area contributed by atoms with Crippen molar-refractivity contribution in [2.45, 2.75) is 26.7 Å². The molecule has 1 atom stereocenters. The Balaban J connectivity index is 2.31. The molecule has 1 N–H and O–H groups in total. The van der Waals surface area contributed by atoms with Gasteiger partial charge >= 0.3 is 0 Å². The molecule has 102 valence electrons. The molecule has 0 saturated heterocycles. The summed E-state index contributed by atoms with van der Waals surface area (Å²) in [6.07, 6.45) is 1.93. The summed E-state index contributed by atoms with van der Waals surface area (Å²) in [5, 5.41) is 9.27. The van der Waals surface area contributed by atoms with E-state index in [4.69, 9.17) is 9.47 Å². The van der Waals surface area contributed by atoms with E-state index in [0.29, 0.717) is 18.4 Å². The molecule has 18 heavy (non-hydrogen) atoms. The van der Waals surface area contributed by atoms with Crippen LogP contribution in [0.1, 0.15) is 26.7 Å². The summed E-state index contributed by atoms with van der Waals surface area (Å²) in [6.45, 7) is 5.23. The number of hydrogen-bond donors (Lipinski definition) is 1. The maximum absolute atomic E-state index is 9.27. The van der Waals surface area contributed by atoms with Crippen molar-refractivity contribution >= 4 is 0 Å². The van der Waals surface area contributed by atoms with E-state index in [9.17, 15) is 5.11 Å². The van der Waals surface area contributed by atoms with Crippen molar-refractivity contribution in [1.29, 1.82) is 0 Å². The largest absolute Gasteiger partial charge is 0.497 e. The van der Waals surface area contributed by atoms with E-state index in [1.807, 2.05) is 24.3 Å². The minimum atomic E-state index is 0.240. The van der Waals surface area contributed by atoms with Gasteiger partial charge in [-0.2, -0.15) is 0 Å². The minimum Gasteiger partial charge on any atom is -0.497 e. The zero-order valence-electron chi connectivity index (χ0n) is 11.6. The van der Waals surface area contributed by atoms with Gasteiger partial charge in [0.1, 0.15) is 11.5 Å². The number of ether oxygens (including phenoxy) is 2. The second-order valence-electron chi connectivity index (χ2n) is 4.99. The zero-order chi connectivity index (χ0) is 13.4. The number of aliphatic hydroxyl groups excluding tert-OH is 1. The first kappa shape index (κ1) is 14.8. The van der Waals surface area contributed by atoms with Crippen LogP contribution in [-0.2, 0) is 0 Å². The van der Waals surface area contributed by atoms with Gasteiger partial charge in [-0.1, -0.05) is 13.8 Å². The number of rotatable bonds is 8. The molecule has 1 aromatic carbocycles. The van der Waals surface area contributed by atoms with Crippen LogP contribution in [0.3, 0.4) is 0 Å². The fourth-order valence-electron chi connectivity index (χ4n) is 1.97. The van der Waals surface area contributed by atoms with Gasteiger partial charge in [-0.15, -0.1) is 0 Å². The van der Waals surface area contributed by atoms with Gasteiger partial charge in [0, 0.05) is 6.61 Å². The highest BCUT2D eigenvalue weighted by Gasteiger charge is 2.09. The lowest BCUT2D eigenvalue weighted by atomic mass is 9.95. The number of benzene rings is 1. The summed E-state index contributed by atoms with van der Waals surface area (Å²) in [5.41, 5.74) is 0. The van der Waals surface area contributed by atoms with E-state index in [1.165, 1.54) is 0 Å². The van der Waals surface area contributed by atoms with Crippen molar-refractivity contribution in [2.24, 2.45) is 11.8 Å². The van der Waals surface area contributed by atoms with Crippen LogP contribution in [0, 0.1) is 11.8 Å². The summed E-state index contributed by atoms with van der Waals surface area (Å²) >= 11 is 0. The Kier molecular flexibility index (Phi) is 6.58. The third kappa shape index (κ3) is 5.41. The molecule has 0 aliphatic rings. The Labute approximate surface area is 110 Å². The normalized spacial score (nSPS) is 12.5. The second-order valence-corrected chi connectivity index (χ2v) is 4.99. The Morgan fingerprint density at radius 1 is 1.11 bits per heavy atom. The molecule has 0 aromatic heterocycles. The van der Waals surface area contributed by atoms with Crippen molar-refractivity contribution in [2.75, 3.05) is 20.3 Å². The highest BCUT2D eigenvalue weighted by atomic mass is 16.5. The van der Waals surface area contributed by atoms with Gasteiger partial charge in [0.2, 0.25) is 0 Å². The fourth-order valence-corrected chi connectivity index (χ4v) is 1.97. The molecule has 1 aromatic rings. The topological polar surface area (TPSA) is 38.7 Å². The molecular weight excluding hydrogens is 228 g/mol. The Bertz CT molecular complexity index is 319. The predicted molar refractivity (Wildman–Crippen MR) is 73.1 cm³/mol. The van der Waals surface area contributed by atoms with Gasteiger partial charge in [0.25, 0.3) is 0 Å². The van der Waals surface area contributed by atoms with Gasteiger partial charge in [0.05, 0.1) is 13.7 Å². The predicted octanol–water partition coefficient (Wildman–Crippen LogP) is 3.12. The smallest absolute Gasteiger partial charge is 0.119 e. The molecule has 0 heterocycles. The third-order valence-corrected chi connectivity index (χ3v) is 2.92. The highest BCUT2D eigenvalue weighted by molar-refractivity contribution is 5.31. The fraction of sp³-hybridized carbons (Fsp3) is 0.600. The van der Waals surface area contributed by atoms with Crippen LogP contribution in [0.15, 0.2) is 24.3 Å². The summed E-state index contributed by atoms with van der Waals surface area (Å²) in [5.74, 6) is 2.62. The lowest BCUT2D eigenvalue weighted by Crippen LogP contribution is -2.13. The first-order valence-electron chi connectivity index (χ1n) is 6.53. The molecule has 1 unspecified atom stereocenters. The molecule has 0 fully saturated rings. The van der Waals surface area contributed by atoms with Gasteiger partial charge in [-0.3, -0.25) is 0 Å². The molecular formula is C15H24O3. The van der Waals surface area contributed by atoms with Crippen LogP contribution < -0.4 is 9.47 Å².